The van der Waals surface area contributed by atoms with Crippen molar-refractivity contribution in [1.29, 1.82) is 0 Å². The first-order valence-corrected chi connectivity index (χ1v) is 12.1. The van der Waals surface area contributed by atoms with Crippen molar-refractivity contribution in [3.05, 3.63) is 34.9 Å². The second-order valence-corrected chi connectivity index (χ2v) is 11.2. The van der Waals surface area contributed by atoms with Gasteiger partial charge in [0.1, 0.15) is 12.7 Å². The monoisotopic (exact) mass is 537 g/mol. The molecule has 1 aromatic rings. The summed E-state index contributed by atoms with van der Waals surface area (Å²) in [6, 6.07) is 3.45. The predicted octanol–water partition coefficient (Wildman–Crippen LogP) is 5.33. The lowest BCUT2D eigenvalue weighted by Gasteiger charge is -2.49. The Kier molecular flexibility index (Phi) is 7.16. The SMILES string of the molecule is CC(=O)O[C@H]1C=C(CCCl)[C@@H]2[C@H](c3cc4c(cc3CN2C(=O)OCC(Cl)(Cl)Cl)OCO4)[C@@H]1C. The van der Waals surface area contributed by atoms with Crippen LogP contribution in [0.1, 0.15) is 37.3 Å². The molecule has 0 unspecified atom stereocenters. The second-order valence-electron chi connectivity index (χ2n) is 8.29. The van der Waals surface area contributed by atoms with E-state index in [0.717, 1.165) is 16.7 Å². The fourth-order valence-corrected chi connectivity index (χ4v) is 5.22. The first-order chi connectivity index (χ1) is 15.6. The van der Waals surface area contributed by atoms with E-state index in [2.05, 4.69) is 0 Å². The lowest BCUT2D eigenvalue weighted by atomic mass is 9.67. The zero-order valence-corrected chi connectivity index (χ0v) is 21.0. The summed E-state index contributed by atoms with van der Waals surface area (Å²) in [4.78, 5) is 26.6. The third-order valence-corrected chi connectivity index (χ3v) is 6.65. The molecule has 0 fully saturated rings. The Hall–Kier alpha value is -1.54. The molecule has 0 spiro atoms. The highest BCUT2D eigenvalue weighted by Crippen LogP contribution is 2.50. The molecular weight excluding hydrogens is 516 g/mol. The van der Waals surface area contributed by atoms with Crippen molar-refractivity contribution in [2.45, 2.75) is 48.7 Å². The summed E-state index contributed by atoms with van der Waals surface area (Å²) in [5.41, 5.74) is 2.76. The molecule has 4 rings (SSSR count). The number of fused-ring (bicyclic) bond motifs is 4. The molecule has 0 saturated carbocycles. The number of esters is 1. The molecule has 0 radical (unpaired) electrons. The van der Waals surface area contributed by atoms with Crippen molar-refractivity contribution in [2.75, 3.05) is 19.3 Å². The molecule has 4 atom stereocenters. The van der Waals surface area contributed by atoms with E-state index in [1.54, 1.807) is 4.90 Å². The highest BCUT2D eigenvalue weighted by atomic mass is 35.6. The van der Waals surface area contributed by atoms with Crippen molar-refractivity contribution in [3.63, 3.8) is 0 Å². The van der Waals surface area contributed by atoms with Crippen LogP contribution in [0.15, 0.2) is 23.8 Å². The van der Waals surface area contributed by atoms with Crippen molar-refractivity contribution in [3.8, 4) is 11.5 Å². The Balaban J connectivity index is 1.79. The zero-order valence-electron chi connectivity index (χ0n) is 18.0. The molecule has 7 nitrogen and oxygen atoms in total. The van der Waals surface area contributed by atoms with E-state index < -0.39 is 22.6 Å². The summed E-state index contributed by atoms with van der Waals surface area (Å²) in [5, 5.41) is 0. The van der Waals surface area contributed by atoms with E-state index in [1.807, 2.05) is 25.1 Å². The normalized spacial score (nSPS) is 25.6. The number of hydrogen-bond donors (Lipinski definition) is 0. The molecule has 0 saturated heterocycles. The van der Waals surface area contributed by atoms with Gasteiger partial charge in [-0.3, -0.25) is 9.69 Å². The van der Waals surface area contributed by atoms with Crippen LogP contribution >= 0.6 is 46.4 Å². The minimum atomic E-state index is -1.73. The van der Waals surface area contributed by atoms with E-state index in [1.165, 1.54) is 6.92 Å². The number of amides is 1. The van der Waals surface area contributed by atoms with Gasteiger partial charge in [-0.1, -0.05) is 41.7 Å². The van der Waals surface area contributed by atoms with E-state index >= 15 is 0 Å². The zero-order chi connectivity index (χ0) is 23.9. The number of ether oxygens (including phenoxy) is 4. The van der Waals surface area contributed by atoms with Gasteiger partial charge in [0.25, 0.3) is 0 Å². The molecule has 0 N–H and O–H groups in total. The summed E-state index contributed by atoms with van der Waals surface area (Å²) in [6.07, 6.45) is 1.31. The lowest BCUT2D eigenvalue weighted by Crippen LogP contribution is -2.53. The maximum absolute atomic E-state index is 13.2. The number of rotatable bonds is 4. The molecular formula is C22H23Cl4NO6. The van der Waals surface area contributed by atoms with Gasteiger partial charge in [-0.15, -0.1) is 11.6 Å². The van der Waals surface area contributed by atoms with Gasteiger partial charge < -0.3 is 18.9 Å². The summed E-state index contributed by atoms with van der Waals surface area (Å²) in [7, 11) is 0. The molecule has 3 aliphatic rings. The van der Waals surface area contributed by atoms with Crippen molar-refractivity contribution < 1.29 is 28.5 Å². The number of carbonyl (C=O) groups excluding carboxylic acids is 2. The quantitative estimate of drug-likeness (QED) is 0.293. The molecule has 180 valence electrons. The molecule has 0 bridgehead atoms. The number of carbonyl (C=O) groups is 2. The van der Waals surface area contributed by atoms with Crippen molar-refractivity contribution in [2.24, 2.45) is 5.92 Å². The van der Waals surface area contributed by atoms with Crippen LogP contribution < -0.4 is 9.47 Å². The molecule has 11 heteroatoms. The third-order valence-electron chi connectivity index (χ3n) is 6.13. The van der Waals surface area contributed by atoms with Gasteiger partial charge in [-0.2, -0.15) is 0 Å². The Morgan fingerprint density at radius 1 is 1.21 bits per heavy atom. The second kappa shape index (κ2) is 9.61. The summed E-state index contributed by atoms with van der Waals surface area (Å²) in [6.45, 7) is 3.37. The van der Waals surface area contributed by atoms with Gasteiger partial charge in [0.05, 0.1) is 12.6 Å². The highest BCUT2D eigenvalue weighted by Gasteiger charge is 2.48. The minimum absolute atomic E-state index is 0.129. The van der Waals surface area contributed by atoms with Gasteiger partial charge >= 0.3 is 12.1 Å². The standard InChI is InChI=1S/C22H23Cl4NO6/c1-11-16(33-12(2)28)5-13(3-4-23)20-19(11)15-7-18-17(31-10-32-18)6-14(15)8-27(20)21(29)30-9-22(24,25)26/h5-7,11,16,19-20H,3-4,8-10H2,1-2H3/t11-,16+,19+,20-/m1/s1. The van der Waals surface area contributed by atoms with Gasteiger partial charge in [0.2, 0.25) is 10.6 Å². The van der Waals surface area contributed by atoms with Crippen LogP contribution in [0, 0.1) is 5.92 Å². The number of benzene rings is 1. The molecule has 33 heavy (non-hydrogen) atoms. The molecule has 1 aliphatic carbocycles. The molecule has 0 aromatic heterocycles. The molecule has 1 aromatic carbocycles. The molecule has 2 aliphatic heterocycles. The van der Waals surface area contributed by atoms with Crippen LogP contribution in [0.3, 0.4) is 0 Å². The number of hydrogen-bond acceptors (Lipinski definition) is 6. The lowest BCUT2D eigenvalue weighted by molar-refractivity contribution is -0.147. The first-order valence-electron chi connectivity index (χ1n) is 10.5. The smallest absolute Gasteiger partial charge is 0.410 e. The van der Waals surface area contributed by atoms with Gasteiger partial charge in [-0.25, -0.2) is 4.79 Å². The number of nitrogens with zero attached hydrogens (tertiary/aromatic N) is 1. The van der Waals surface area contributed by atoms with E-state index in [-0.39, 0.29) is 37.2 Å². The summed E-state index contributed by atoms with van der Waals surface area (Å²) >= 11 is 23.5. The van der Waals surface area contributed by atoms with Crippen LogP contribution in [0.4, 0.5) is 4.79 Å². The average molecular weight is 539 g/mol. The van der Waals surface area contributed by atoms with Gasteiger partial charge in [-0.05, 0) is 41.3 Å². The van der Waals surface area contributed by atoms with E-state index in [9.17, 15) is 9.59 Å². The maximum atomic E-state index is 13.2. The van der Waals surface area contributed by atoms with Crippen molar-refractivity contribution >= 4 is 58.5 Å². The van der Waals surface area contributed by atoms with E-state index in [4.69, 9.17) is 65.4 Å². The van der Waals surface area contributed by atoms with Crippen LogP contribution in [0.5, 0.6) is 11.5 Å². The van der Waals surface area contributed by atoms with Crippen LogP contribution in [0.25, 0.3) is 0 Å². The van der Waals surface area contributed by atoms with Crippen molar-refractivity contribution in [1.82, 2.24) is 4.90 Å². The Labute approximate surface area is 211 Å². The molecule has 2 heterocycles. The van der Waals surface area contributed by atoms with Crippen LogP contribution in [0.2, 0.25) is 0 Å². The average Bonchev–Trinajstić information content (AvgIpc) is 3.19. The fraction of sp³-hybridized carbons (Fsp3) is 0.545. The maximum Gasteiger partial charge on any atom is 0.410 e. The predicted molar refractivity (Wildman–Crippen MR) is 124 cm³/mol. The summed E-state index contributed by atoms with van der Waals surface area (Å²) < 4.78 is 20.4. The van der Waals surface area contributed by atoms with E-state index in [0.29, 0.717) is 23.8 Å². The van der Waals surface area contributed by atoms with Gasteiger partial charge in [0.15, 0.2) is 11.5 Å². The largest absolute Gasteiger partial charge is 0.458 e. The minimum Gasteiger partial charge on any atom is -0.458 e. The Morgan fingerprint density at radius 2 is 1.91 bits per heavy atom. The topological polar surface area (TPSA) is 74.3 Å². The first kappa shape index (κ1) is 24.6. The highest BCUT2D eigenvalue weighted by molar-refractivity contribution is 6.67. The van der Waals surface area contributed by atoms with Gasteiger partial charge in [0, 0.05) is 24.6 Å². The third kappa shape index (κ3) is 5.11. The number of alkyl halides is 4. The Bertz CT molecular complexity index is 978. The summed E-state index contributed by atoms with van der Waals surface area (Å²) in [5.74, 6) is 0.841. The molecule has 1 amide bonds. The van der Waals surface area contributed by atoms with Crippen LogP contribution in [-0.2, 0) is 20.8 Å². The van der Waals surface area contributed by atoms with Crippen LogP contribution in [-0.4, -0.2) is 52.2 Å². The fourth-order valence-electron chi connectivity index (χ4n) is 4.84. The Morgan fingerprint density at radius 3 is 2.55 bits per heavy atom. The number of halogens is 4.